The normalized spacial score (nSPS) is 12.4. The molecule has 1 aromatic heterocycles. The van der Waals surface area contributed by atoms with Gasteiger partial charge in [-0.1, -0.05) is 25.5 Å². The first-order chi connectivity index (χ1) is 8.13. The molecule has 1 aromatic rings. The van der Waals surface area contributed by atoms with Crippen LogP contribution in [0.2, 0.25) is 0 Å². The first kappa shape index (κ1) is 13.9. The van der Waals surface area contributed by atoms with E-state index in [1.165, 1.54) is 5.57 Å². The van der Waals surface area contributed by atoms with Gasteiger partial charge in [0.25, 0.3) is 0 Å². The third-order valence-electron chi connectivity index (χ3n) is 2.63. The predicted octanol–water partition coefficient (Wildman–Crippen LogP) is 1.70. The van der Waals surface area contributed by atoms with Crippen LogP contribution in [0.4, 0.5) is 0 Å². The van der Waals surface area contributed by atoms with Crippen molar-refractivity contribution in [1.82, 2.24) is 15.1 Å². The lowest BCUT2D eigenvalue weighted by Gasteiger charge is -2.12. The molecule has 0 radical (unpaired) electrons. The molecular formula is C13H23N3O. The Balaban J connectivity index is 2.56. The van der Waals surface area contributed by atoms with Crippen molar-refractivity contribution in [2.45, 2.75) is 13.8 Å². The fraction of sp³-hybridized carbons (Fsp3) is 0.615. The summed E-state index contributed by atoms with van der Waals surface area (Å²) in [5.74, 6) is 0.533. The Kier molecular flexibility index (Phi) is 5.94. The highest BCUT2D eigenvalue weighted by Crippen LogP contribution is 2.13. The fourth-order valence-electron chi connectivity index (χ4n) is 1.56. The van der Waals surface area contributed by atoms with Crippen LogP contribution in [0, 0.1) is 5.92 Å². The van der Waals surface area contributed by atoms with E-state index >= 15 is 0 Å². The van der Waals surface area contributed by atoms with E-state index in [1.807, 2.05) is 24.1 Å². The van der Waals surface area contributed by atoms with Gasteiger partial charge in [-0.05, 0) is 5.92 Å². The van der Waals surface area contributed by atoms with E-state index < -0.39 is 0 Å². The number of hydrogen-bond donors (Lipinski definition) is 1. The standard InChI is InChI=1S/C13H23N3O/c1-11(2)13(9-14-5-6-17-4)7-12-8-15-16(3)10-12/h7-8,10-11,14H,5-6,9H2,1-4H3. The zero-order chi connectivity index (χ0) is 12.7. The van der Waals surface area contributed by atoms with Gasteiger partial charge in [-0.15, -0.1) is 0 Å². The van der Waals surface area contributed by atoms with Crippen molar-refractivity contribution in [1.29, 1.82) is 0 Å². The van der Waals surface area contributed by atoms with Crippen LogP contribution in [0.5, 0.6) is 0 Å². The van der Waals surface area contributed by atoms with Crippen LogP contribution in [-0.4, -0.2) is 36.6 Å². The Labute approximate surface area is 104 Å². The zero-order valence-corrected chi connectivity index (χ0v) is 11.2. The summed E-state index contributed by atoms with van der Waals surface area (Å²) >= 11 is 0. The molecule has 0 spiro atoms. The number of hydrogen-bond acceptors (Lipinski definition) is 3. The lowest BCUT2D eigenvalue weighted by Crippen LogP contribution is -2.23. The van der Waals surface area contributed by atoms with Crippen LogP contribution < -0.4 is 5.32 Å². The highest BCUT2D eigenvalue weighted by atomic mass is 16.5. The summed E-state index contributed by atoms with van der Waals surface area (Å²) in [5, 5.41) is 7.54. The molecular weight excluding hydrogens is 214 g/mol. The van der Waals surface area contributed by atoms with E-state index in [0.29, 0.717) is 5.92 Å². The quantitative estimate of drug-likeness (QED) is 0.734. The molecule has 0 bridgehead atoms. The maximum Gasteiger partial charge on any atom is 0.0587 e. The van der Waals surface area contributed by atoms with E-state index in [0.717, 1.165) is 25.3 Å². The maximum atomic E-state index is 5.01. The molecule has 96 valence electrons. The molecule has 0 saturated carbocycles. The SMILES string of the molecule is COCCNCC(=Cc1cnn(C)c1)C(C)C. The van der Waals surface area contributed by atoms with E-state index in [-0.39, 0.29) is 0 Å². The minimum atomic E-state index is 0.533. The number of nitrogens with one attached hydrogen (secondary N) is 1. The second-order valence-electron chi connectivity index (χ2n) is 4.49. The zero-order valence-electron chi connectivity index (χ0n) is 11.2. The summed E-state index contributed by atoms with van der Waals surface area (Å²) in [6.45, 7) is 6.95. The van der Waals surface area contributed by atoms with Crippen LogP contribution in [0.1, 0.15) is 19.4 Å². The average molecular weight is 237 g/mol. The molecule has 1 N–H and O–H groups in total. The monoisotopic (exact) mass is 237 g/mol. The van der Waals surface area contributed by atoms with Gasteiger partial charge >= 0.3 is 0 Å². The first-order valence-corrected chi connectivity index (χ1v) is 6.02. The molecule has 0 unspecified atom stereocenters. The van der Waals surface area contributed by atoms with Gasteiger partial charge in [0.05, 0.1) is 12.8 Å². The number of methoxy groups -OCH3 is 1. The third kappa shape index (κ3) is 5.15. The highest BCUT2D eigenvalue weighted by Gasteiger charge is 2.04. The minimum absolute atomic E-state index is 0.533. The van der Waals surface area contributed by atoms with Gasteiger partial charge in [0.2, 0.25) is 0 Å². The van der Waals surface area contributed by atoms with E-state index in [1.54, 1.807) is 7.11 Å². The van der Waals surface area contributed by atoms with E-state index in [4.69, 9.17) is 4.74 Å². The molecule has 4 heteroatoms. The lowest BCUT2D eigenvalue weighted by atomic mass is 10.0. The van der Waals surface area contributed by atoms with Crippen LogP contribution in [0.15, 0.2) is 18.0 Å². The smallest absolute Gasteiger partial charge is 0.0587 e. The second kappa shape index (κ2) is 7.25. The molecule has 0 aliphatic heterocycles. The first-order valence-electron chi connectivity index (χ1n) is 6.02. The van der Waals surface area contributed by atoms with Gasteiger partial charge in [0, 0.05) is 39.0 Å². The number of aryl methyl sites for hydroxylation is 1. The van der Waals surface area contributed by atoms with Crippen LogP contribution in [0.3, 0.4) is 0 Å². The lowest BCUT2D eigenvalue weighted by molar-refractivity contribution is 0.200. The number of rotatable bonds is 7. The molecule has 1 rings (SSSR count). The Morgan fingerprint density at radius 3 is 2.88 bits per heavy atom. The molecule has 0 aromatic carbocycles. The number of nitrogens with zero attached hydrogens (tertiary/aromatic N) is 2. The summed E-state index contributed by atoms with van der Waals surface area (Å²) in [6.07, 6.45) is 6.12. The van der Waals surface area contributed by atoms with Crippen LogP contribution in [0.25, 0.3) is 6.08 Å². The van der Waals surface area contributed by atoms with Gasteiger partial charge in [-0.25, -0.2) is 0 Å². The second-order valence-corrected chi connectivity index (χ2v) is 4.49. The summed E-state index contributed by atoms with van der Waals surface area (Å²) in [5.41, 5.74) is 2.54. The molecule has 0 amide bonds. The van der Waals surface area contributed by atoms with Gasteiger partial charge in [0.15, 0.2) is 0 Å². The van der Waals surface area contributed by atoms with Gasteiger partial charge < -0.3 is 10.1 Å². The van der Waals surface area contributed by atoms with Gasteiger partial charge in [-0.3, -0.25) is 4.68 Å². The average Bonchev–Trinajstić information content (AvgIpc) is 2.68. The summed E-state index contributed by atoms with van der Waals surface area (Å²) in [7, 11) is 3.65. The summed E-state index contributed by atoms with van der Waals surface area (Å²) in [4.78, 5) is 0. The van der Waals surface area contributed by atoms with Crippen molar-refractivity contribution in [3.8, 4) is 0 Å². The molecule has 0 atom stereocenters. The largest absolute Gasteiger partial charge is 0.383 e. The molecule has 17 heavy (non-hydrogen) atoms. The van der Waals surface area contributed by atoms with Crippen molar-refractivity contribution in [3.05, 3.63) is 23.5 Å². The Morgan fingerprint density at radius 2 is 2.35 bits per heavy atom. The van der Waals surface area contributed by atoms with Crippen molar-refractivity contribution < 1.29 is 4.74 Å². The fourth-order valence-corrected chi connectivity index (χ4v) is 1.56. The molecule has 0 saturated heterocycles. The molecule has 1 heterocycles. The number of ether oxygens (including phenoxy) is 1. The molecule has 0 fully saturated rings. The van der Waals surface area contributed by atoms with Crippen LogP contribution >= 0.6 is 0 Å². The Morgan fingerprint density at radius 1 is 1.59 bits per heavy atom. The van der Waals surface area contributed by atoms with E-state index in [9.17, 15) is 0 Å². The Hall–Kier alpha value is -1.13. The summed E-state index contributed by atoms with van der Waals surface area (Å²) in [6, 6.07) is 0. The highest BCUT2D eigenvalue weighted by molar-refractivity contribution is 5.51. The van der Waals surface area contributed by atoms with Gasteiger partial charge in [-0.2, -0.15) is 5.10 Å². The molecule has 0 aliphatic carbocycles. The van der Waals surface area contributed by atoms with Crippen molar-refractivity contribution in [3.63, 3.8) is 0 Å². The maximum absolute atomic E-state index is 5.01. The predicted molar refractivity (Wildman–Crippen MR) is 70.8 cm³/mol. The van der Waals surface area contributed by atoms with Crippen molar-refractivity contribution >= 4 is 6.08 Å². The van der Waals surface area contributed by atoms with E-state index in [2.05, 4.69) is 30.3 Å². The van der Waals surface area contributed by atoms with Crippen molar-refractivity contribution in [2.75, 3.05) is 26.8 Å². The Bertz CT molecular complexity index is 355. The minimum Gasteiger partial charge on any atom is -0.383 e. The summed E-state index contributed by atoms with van der Waals surface area (Å²) < 4.78 is 6.83. The van der Waals surface area contributed by atoms with Crippen molar-refractivity contribution in [2.24, 2.45) is 13.0 Å². The molecule has 4 nitrogen and oxygen atoms in total. The number of aromatic nitrogens is 2. The molecule has 0 aliphatic rings. The third-order valence-corrected chi connectivity index (χ3v) is 2.63. The topological polar surface area (TPSA) is 39.1 Å². The van der Waals surface area contributed by atoms with Crippen LogP contribution in [-0.2, 0) is 11.8 Å². The van der Waals surface area contributed by atoms with Gasteiger partial charge in [0.1, 0.15) is 0 Å².